The van der Waals surface area contributed by atoms with Crippen molar-refractivity contribution in [1.29, 1.82) is 0 Å². The first-order valence-corrected chi connectivity index (χ1v) is 4.65. The van der Waals surface area contributed by atoms with Crippen LogP contribution in [0.2, 0.25) is 0 Å². The van der Waals surface area contributed by atoms with Crippen LogP contribution in [-0.2, 0) is 4.84 Å². The summed E-state index contributed by atoms with van der Waals surface area (Å²) in [5.41, 5.74) is 4.24. The van der Waals surface area contributed by atoms with Gasteiger partial charge in [0.25, 0.3) is 0 Å². The maximum atomic E-state index is 4.78. The van der Waals surface area contributed by atoms with E-state index in [1.54, 1.807) is 7.11 Å². The van der Waals surface area contributed by atoms with Crippen molar-refractivity contribution in [3.8, 4) is 0 Å². The molecule has 0 saturated heterocycles. The zero-order chi connectivity index (χ0) is 9.52. The second kappa shape index (κ2) is 5.73. The van der Waals surface area contributed by atoms with E-state index in [9.17, 15) is 0 Å². The normalized spacial score (nSPS) is 12.8. The van der Waals surface area contributed by atoms with Crippen molar-refractivity contribution in [3.05, 3.63) is 35.9 Å². The molecule has 0 aromatic heterocycles. The Kier molecular flexibility index (Phi) is 4.50. The zero-order valence-electron chi connectivity index (χ0n) is 8.29. The van der Waals surface area contributed by atoms with Gasteiger partial charge in [0.15, 0.2) is 0 Å². The Morgan fingerprint density at radius 1 is 1.31 bits per heavy atom. The highest BCUT2D eigenvalue weighted by Gasteiger charge is 2.03. The molecule has 0 amide bonds. The molecule has 13 heavy (non-hydrogen) atoms. The highest BCUT2D eigenvalue weighted by atomic mass is 16.6. The molecule has 2 heteroatoms. The van der Waals surface area contributed by atoms with E-state index in [-0.39, 0.29) is 0 Å². The van der Waals surface area contributed by atoms with Gasteiger partial charge in [-0.25, -0.2) is 5.48 Å². The molecule has 1 N–H and O–H groups in total. The molecule has 1 atom stereocenters. The van der Waals surface area contributed by atoms with Crippen LogP contribution in [0.1, 0.15) is 24.8 Å². The van der Waals surface area contributed by atoms with E-state index in [0.717, 1.165) is 13.0 Å². The predicted molar refractivity (Wildman–Crippen MR) is 54.5 cm³/mol. The molecule has 0 aliphatic carbocycles. The molecule has 1 aromatic carbocycles. The van der Waals surface area contributed by atoms with Crippen LogP contribution in [0.25, 0.3) is 0 Å². The van der Waals surface area contributed by atoms with Crippen LogP contribution in [0.15, 0.2) is 30.3 Å². The smallest absolute Gasteiger partial charge is 0.0572 e. The molecule has 0 aliphatic heterocycles. The summed E-state index contributed by atoms with van der Waals surface area (Å²) >= 11 is 0. The van der Waals surface area contributed by atoms with Gasteiger partial charge in [-0.05, 0) is 17.9 Å². The first-order valence-electron chi connectivity index (χ1n) is 4.65. The average molecular weight is 179 g/mol. The van der Waals surface area contributed by atoms with E-state index in [1.807, 2.05) is 6.07 Å². The standard InChI is InChI=1S/C11H17NO/c1-10(8-9-12-13-2)11-6-4-3-5-7-11/h3-7,10,12H,8-9H2,1-2H3. The second-order valence-electron chi connectivity index (χ2n) is 3.20. The van der Waals surface area contributed by atoms with Crippen LogP contribution in [-0.4, -0.2) is 13.7 Å². The molecular formula is C11H17NO. The lowest BCUT2D eigenvalue weighted by Crippen LogP contribution is -2.15. The molecular weight excluding hydrogens is 162 g/mol. The third-order valence-electron chi connectivity index (χ3n) is 2.19. The van der Waals surface area contributed by atoms with Gasteiger partial charge >= 0.3 is 0 Å². The van der Waals surface area contributed by atoms with Gasteiger partial charge in [0.2, 0.25) is 0 Å². The Labute approximate surface area is 79.9 Å². The van der Waals surface area contributed by atoms with Gasteiger partial charge in [-0.1, -0.05) is 37.3 Å². The lowest BCUT2D eigenvalue weighted by molar-refractivity contribution is 0.0898. The van der Waals surface area contributed by atoms with Crippen LogP contribution in [0, 0.1) is 0 Å². The maximum absolute atomic E-state index is 4.78. The molecule has 0 aliphatic rings. The predicted octanol–water partition coefficient (Wildman–Crippen LogP) is 2.33. The quantitative estimate of drug-likeness (QED) is 0.553. The van der Waals surface area contributed by atoms with Crippen molar-refractivity contribution < 1.29 is 4.84 Å². The van der Waals surface area contributed by atoms with Gasteiger partial charge in [-0.15, -0.1) is 0 Å². The fourth-order valence-electron chi connectivity index (χ4n) is 1.33. The molecule has 0 radical (unpaired) electrons. The number of nitrogens with one attached hydrogen (secondary N) is 1. The van der Waals surface area contributed by atoms with Crippen LogP contribution >= 0.6 is 0 Å². The Balaban J connectivity index is 2.35. The fraction of sp³-hybridized carbons (Fsp3) is 0.455. The van der Waals surface area contributed by atoms with Gasteiger partial charge in [-0.2, -0.15) is 0 Å². The van der Waals surface area contributed by atoms with Crippen molar-refractivity contribution in [3.63, 3.8) is 0 Å². The number of rotatable bonds is 5. The molecule has 1 unspecified atom stereocenters. The third-order valence-corrected chi connectivity index (χ3v) is 2.19. The van der Waals surface area contributed by atoms with E-state index in [0.29, 0.717) is 5.92 Å². The summed E-state index contributed by atoms with van der Waals surface area (Å²) in [7, 11) is 1.65. The summed E-state index contributed by atoms with van der Waals surface area (Å²) in [6, 6.07) is 10.5. The van der Waals surface area contributed by atoms with E-state index >= 15 is 0 Å². The third kappa shape index (κ3) is 3.57. The summed E-state index contributed by atoms with van der Waals surface area (Å²) in [6.07, 6.45) is 1.10. The first-order chi connectivity index (χ1) is 6.34. The largest absolute Gasteiger partial charge is 0.305 e. The van der Waals surface area contributed by atoms with Crippen molar-refractivity contribution in [2.45, 2.75) is 19.3 Å². The molecule has 0 saturated carbocycles. The van der Waals surface area contributed by atoms with Crippen molar-refractivity contribution in [1.82, 2.24) is 5.48 Å². The van der Waals surface area contributed by atoms with Crippen LogP contribution in [0.3, 0.4) is 0 Å². The second-order valence-corrected chi connectivity index (χ2v) is 3.20. The van der Waals surface area contributed by atoms with E-state index in [1.165, 1.54) is 5.56 Å². The van der Waals surface area contributed by atoms with Gasteiger partial charge in [0, 0.05) is 6.54 Å². The van der Waals surface area contributed by atoms with Crippen LogP contribution in [0.4, 0.5) is 0 Å². The first kappa shape index (κ1) is 10.2. The van der Waals surface area contributed by atoms with Crippen molar-refractivity contribution in [2.24, 2.45) is 0 Å². The number of benzene rings is 1. The summed E-state index contributed by atoms with van der Waals surface area (Å²) < 4.78 is 0. The van der Waals surface area contributed by atoms with Crippen molar-refractivity contribution in [2.75, 3.05) is 13.7 Å². The molecule has 0 heterocycles. The van der Waals surface area contributed by atoms with Gasteiger partial charge in [0.05, 0.1) is 7.11 Å². The Morgan fingerprint density at radius 2 is 2.00 bits per heavy atom. The molecule has 1 aromatic rings. The maximum Gasteiger partial charge on any atom is 0.0572 e. The summed E-state index contributed by atoms with van der Waals surface area (Å²) in [5, 5.41) is 0. The Morgan fingerprint density at radius 3 is 2.62 bits per heavy atom. The lowest BCUT2D eigenvalue weighted by Gasteiger charge is -2.11. The SMILES string of the molecule is CONCCC(C)c1ccccc1. The minimum atomic E-state index is 0.587. The number of hydroxylamine groups is 1. The van der Waals surface area contributed by atoms with Crippen molar-refractivity contribution >= 4 is 0 Å². The monoisotopic (exact) mass is 179 g/mol. The minimum Gasteiger partial charge on any atom is -0.305 e. The molecule has 0 fully saturated rings. The summed E-state index contributed by atoms with van der Waals surface area (Å²) in [4.78, 5) is 4.78. The molecule has 1 rings (SSSR count). The number of hydrogen-bond acceptors (Lipinski definition) is 2. The topological polar surface area (TPSA) is 21.3 Å². The molecule has 0 spiro atoms. The fourth-order valence-corrected chi connectivity index (χ4v) is 1.33. The lowest BCUT2D eigenvalue weighted by atomic mass is 9.98. The molecule has 0 bridgehead atoms. The van der Waals surface area contributed by atoms with Crippen LogP contribution < -0.4 is 5.48 Å². The average Bonchev–Trinajstić information content (AvgIpc) is 2.19. The molecule has 72 valence electrons. The molecule has 2 nitrogen and oxygen atoms in total. The van der Waals surface area contributed by atoms with Gasteiger partial charge in [-0.3, -0.25) is 0 Å². The van der Waals surface area contributed by atoms with E-state index in [2.05, 4.69) is 36.7 Å². The van der Waals surface area contributed by atoms with Gasteiger partial charge in [0.1, 0.15) is 0 Å². The Hall–Kier alpha value is -0.860. The van der Waals surface area contributed by atoms with E-state index < -0.39 is 0 Å². The highest BCUT2D eigenvalue weighted by Crippen LogP contribution is 2.17. The van der Waals surface area contributed by atoms with E-state index in [4.69, 9.17) is 4.84 Å². The van der Waals surface area contributed by atoms with Gasteiger partial charge < -0.3 is 4.84 Å². The number of hydrogen-bond donors (Lipinski definition) is 1. The van der Waals surface area contributed by atoms with Crippen LogP contribution in [0.5, 0.6) is 0 Å². The minimum absolute atomic E-state index is 0.587. The summed E-state index contributed by atoms with van der Waals surface area (Å²) in [6.45, 7) is 3.12. The highest BCUT2D eigenvalue weighted by molar-refractivity contribution is 5.18. The summed E-state index contributed by atoms with van der Waals surface area (Å²) in [5.74, 6) is 0.587. The Bertz CT molecular complexity index is 223. The zero-order valence-corrected chi connectivity index (χ0v) is 8.29.